The quantitative estimate of drug-likeness (QED) is 0.533. The van der Waals surface area contributed by atoms with Crippen LogP contribution in [0.2, 0.25) is 5.02 Å². The second-order valence-corrected chi connectivity index (χ2v) is 6.16. The van der Waals surface area contributed by atoms with Crippen molar-refractivity contribution in [2.75, 3.05) is 5.32 Å². The van der Waals surface area contributed by atoms with Gasteiger partial charge >= 0.3 is 0 Å². The minimum Gasteiger partial charge on any atom is -0.381 e. The zero-order chi connectivity index (χ0) is 14.7. The number of hydrogen-bond acceptors (Lipinski definition) is 3. The molecule has 0 aliphatic carbocycles. The van der Waals surface area contributed by atoms with Gasteiger partial charge in [0.1, 0.15) is 0 Å². The molecule has 104 valence electrons. The maximum Gasteiger partial charge on any atom is 0.285 e. The number of hydrogen-bond donors (Lipinski definition) is 1. The molecule has 0 saturated heterocycles. The molecule has 2 aromatic carbocycles. The predicted molar refractivity (Wildman–Crippen MR) is 87.3 cm³/mol. The Morgan fingerprint density at radius 2 is 1.90 bits per heavy atom. The highest BCUT2D eigenvalue weighted by Gasteiger charge is 2.12. The first-order chi connectivity index (χ1) is 9.47. The molecule has 4 nitrogen and oxygen atoms in total. The molecular weight excluding hydrogens is 411 g/mol. The van der Waals surface area contributed by atoms with Gasteiger partial charge in [0.05, 0.1) is 9.40 Å². The van der Waals surface area contributed by atoms with Crippen molar-refractivity contribution in [1.82, 2.24) is 0 Å². The first-order valence-corrected chi connectivity index (χ1v) is 7.55. The highest BCUT2D eigenvalue weighted by atomic mass is 79.9. The number of anilines is 1. The fourth-order valence-electron chi connectivity index (χ4n) is 1.62. The smallest absolute Gasteiger partial charge is 0.285 e. The summed E-state index contributed by atoms with van der Waals surface area (Å²) in [4.78, 5) is 10.4. The molecule has 7 heteroatoms. The number of nitrogens with zero attached hydrogens (tertiary/aromatic N) is 1. The Kier molecular flexibility index (Phi) is 5.01. The number of nitro benzene ring substituents is 1. The predicted octanol–water partition coefficient (Wildman–Crippen LogP) is 5.39. The van der Waals surface area contributed by atoms with Gasteiger partial charge < -0.3 is 5.32 Å². The SMILES string of the molecule is O=[N+]([O-])c1cc(NCc2ccc(Cl)cc2Br)ccc1Br. The molecule has 0 amide bonds. The van der Waals surface area contributed by atoms with E-state index in [1.807, 2.05) is 12.1 Å². The van der Waals surface area contributed by atoms with Crippen molar-refractivity contribution >= 4 is 54.8 Å². The molecule has 0 spiro atoms. The zero-order valence-electron chi connectivity index (χ0n) is 10.1. The molecule has 1 N–H and O–H groups in total. The molecule has 0 saturated carbocycles. The number of nitrogens with one attached hydrogen (secondary N) is 1. The average molecular weight is 420 g/mol. The zero-order valence-corrected chi connectivity index (χ0v) is 14.0. The number of benzene rings is 2. The van der Waals surface area contributed by atoms with Gasteiger partial charge in [0.2, 0.25) is 0 Å². The van der Waals surface area contributed by atoms with Crippen molar-refractivity contribution in [2.24, 2.45) is 0 Å². The van der Waals surface area contributed by atoms with Gasteiger partial charge in [-0.3, -0.25) is 10.1 Å². The molecule has 2 aromatic rings. The molecule has 0 atom stereocenters. The second kappa shape index (κ2) is 6.56. The Hall–Kier alpha value is -1.11. The topological polar surface area (TPSA) is 55.2 Å². The van der Waals surface area contributed by atoms with E-state index in [2.05, 4.69) is 37.2 Å². The first-order valence-electron chi connectivity index (χ1n) is 5.59. The van der Waals surface area contributed by atoms with Gasteiger partial charge in [0.25, 0.3) is 5.69 Å². The van der Waals surface area contributed by atoms with Gasteiger partial charge in [0.15, 0.2) is 0 Å². The molecule has 0 unspecified atom stereocenters. The van der Waals surface area contributed by atoms with Crippen molar-refractivity contribution in [1.29, 1.82) is 0 Å². The van der Waals surface area contributed by atoms with Crippen molar-refractivity contribution < 1.29 is 4.92 Å². The van der Waals surface area contributed by atoms with Crippen molar-refractivity contribution in [3.63, 3.8) is 0 Å². The molecule has 2 rings (SSSR count). The maximum absolute atomic E-state index is 10.9. The summed E-state index contributed by atoms with van der Waals surface area (Å²) in [5, 5.41) is 14.7. The number of nitro groups is 1. The van der Waals surface area contributed by atoms with E-state index in [-0.39, 0.29) is 5.69 Å². The van der Waals surface area contributed by atoms with Crippen LogP contribution in [0.4, 0.5) is 11.4 Å². The van der Waals surface area contributed by atoms with Crippen LogP contribution >= 0.6 is 43.5 Å². The van der Waals surface area contributed by atoms with Crippen LogP contribution in [0.5, 0.6) is 0 Å². The van der Waals surface area contributed by atoms with Gasteiger partial charge in [0, 0.05) is 27.8 Å². The fourth-order valence-corrected chi connectivity index (χ4v) is 2.84. The van der Waals surface area contributed by atoms with E-state index in [0.29, 0.717) is 21.7 Å². The minimum absolute atomic E-state index is 0.0326. The van der Waals surface area contributed by atoms with Gasteiger partial charge in [-0.25, -0.2) is 0 Å². The normalized spacial score (nSPS) is 10.3. The van der Waals surface area contributed by atoms with E-state index < -0.39 is 4.92 Å². The lowest BCUT2D eigenvalue weighted by Gasteiger charge is -2.09. The fraction of sp³-hybridized carbons (Fsp3) is 0.0769. The summed E-state index contributed by atoms with van der Waals surface area (Å²) in [6, 6.07) is 10.4. The average Bonchev–Trinajstić information content (AvgIpc) is 2.39. The highest BCUT2D eigenvalue weighted by Crippen LogP contribution is 2.28. The molecular formula is C13H9Br2ClN2O2. The van der Waals surface area contributed by atoms with Crippen LogP contribution in [-0.4, -0.2) is 4.92 Å². The highest BCUT2D eigenvalue weighted by molar-refractivity contribution is 9.10. The standard InChI is InChI=1S/C13H9Br2ClN2O2/c14-11-4-3-10(6-13(11)18(19)20)17-7-8-1-2-9(16)5-12(8)15/h1-6,17H,7H2. The van der Waals surface area contributed by atoms with Crippen LogP contribution in [0.3, 0.4) is 0 Å². The molecule has 20 heavy (non-hydrogen) atoms. The van der Waals surface area contributed by atoms with Crippen LogP contribution in [0.25, 0.3) is 0 Å². The Balaban J connectivity index is 2.15. The maximum atomic E-state index is 10.9. The molecule has 0 fully saturated rings. The van der Waals surface area contributed by atoms with Crippen molar-refractivity contribution in [3.8, 4) is 0 Å². The third-order valence-electron chi connectivity index (χ3n) is 2.64. The summed E-state index contributed by atoms with van der Waals surface area (Å²) >= 11 is 12.5. The summed E-state index contributed by atoms with van der Waals surface area (Å²) in [7, 11) is 0. The van der Waals surface area contributed by atoms with Crippen molar-refractivity contribution in [3.05, 3.63) is 66.0 Å². The van der Waals surface area contributed by atoms with Crippen molar-refractivity contribution in [2.45, 2.75) is 6.54 Å². The van der Waals surface area contributed by atoms with Crippen LogP contribution in [0.1, 0.15) is 5.56 Å². The molecule has 0 aliphatic heterocycles. The Labute approximate surface area is 137 Å². The molecule has 0 aliphatic rings. The van der Waals surface area contributed by atoms with Gasteiger partial charge in [-0.05, 0) is 45.8 Å². The van der Waals surface area contributed by atoms with E-state index in [1.54, 1.807) is 18.2 Å². The van der Waals surface area contributed by atoms with E-state index in [9.17, 15) is 10.1 Å². The molecule has 0 bridgehead atoms. The van der Waals surface area contributed by atoms with Crippen LogP contribution < -0.4 is 5.32 Å². The third-order valence-corrected chi connectivity index (χ3v) is 4.28. The van der Waals surface area contributed by atoms with Gasteiger partial charge in [-0.2, -0.15) is 0 Å². The van der Waals surface area contributed by atoms with Gasteiger partial charge in [-0.15, -0.1) is 0 Å². The largest absolute Gasteiger partial charge is 0.381 e. The van der Waals surface area contributed by atoms with Crippen LogP contribution in [0.15, 0.2) is 45.3 Å². The van der Waals surface area contributed by atoms with E-state index >= 15 is 0 Å². The van der Waals surface area contributed by atoms with Gasteiger partial charge in [-0.1, -0.05) is 33.6 Å². The molecule has 0 aromatic heterocycles. The lowest BCUT2D eigenvalue weighted by molar-refractivity contribution is -0.385. The summed E-state index contributed by atoms with van der Waals surface area (Å²) < 4.78 is 1.35. The number of halogens is 3. The third kappa shape index (κ3) is 3.71. The second-order valence-electron chi connectivity index (χ2n) is 4.01. The summed E-state index contributed by atoms with van der Waals surface area (Å²) in [5.74, 6) is 0. The van der Waals surface area contributed by atoms with Crippen LogP contribution in [0, 0.1) is 10.1 Å². The lowest BCUT2D eigenvalue weighted by atomic mass is 10.2. The van der Waals surface area contributed by atoms with Crippen LogP contribution in [-0.2, 0) is 6.54 Å². The monoisotopic (exact) mass is 418 g/mol. The van der Waals surface area contributed by atoms with E-state index in [4.69, 9.17) is 11.6 Å². The number of rotatable bonds is 4. The Morgan fingerprint density at radius 1 is 1.15 bits per heavy atom. The van der Waals surface area contributed by atoms with E-state index in [1.165, 1.54) is 6.07 Å². The Bertz CT molecular complexity index is 665. The first kappa shape index (κ1) is 15.3. The summed E-state index contributed by atoms with van der Waals surface area (Å²) in [6.07, 6.45) is 0. The Morgan fingerprint density at radius 3 is 2.55 bits per heavy atom. The molecule has 0 heterocycles. The minimum atomic E-state index is -0.423. The van der Waals surface area contributed by atoms with E-state index in [0.717, 1.165) is 10.0 Å². The summed E-state index contributed by atoms with van der Waals surface area (Å²) in [5.41, 5.74) is 1.73. The lowest BCUT2D eigenvalue weighted by Crippen LogP contribution is -2.01. The summed E-state index contributed by atoms with van der Waals surface area (Å²) in [6.45, 7) is 0.538. The molecule has 0 radical (unpaired) electrons.